The topological polar surface area (TPSA) is 69.0 Å². The van der Waals surface area contributed by atoms with Crippen molar-refractivity contribution in [3.05, 3.63) is 40.7 Å². The van der Waals surface area contributed by atoms with E-state index in [0.717, 1.165) is 17.7 Å². The van der Waals surface area contributed by atoms with Crippen LogP contribution in [0.4, 0.5) is 15.2 Å². The van der Waals surface area contributed by atoms with E-state index in [1.807, 2.05) is 6.19 Å². The molecule has 3 rings (SSSR count). The third kappa shape index (κ3) is 3.35. The number of anilines is 2. The monoisotopic (exact) mass is 358 g/mol. The van der Waals surface area contributed by atoms with Gasteiger partial charge >= 0.3 is 0 Å². The number of nitrogens with one attached hydrogen (secondary N) is 1. The zero-order chi connectivity index (χ0) is 18.2. The summed E-state index contributed by atoms with van der Waals surface area (Å²) in [6.07, 6.45) is 4.05. The fraction of sp³-hybridized carbons (Fsp3) is 0.389. The van der Waals surface area contributed by atoms with Gasteiger partial charge in [0.15, 0.2) is 6.19 Å². The maximum absolute atomic E-state index is 13.4. The fourth-order valence-corrected chi connectivity index (χ4v) is 3.76. The summed E-state index contributed by atoms with van der Waals surface area (Å²) >= 11 is 1.24. The lowest BCUT2D eigenvalue weighted by Crippen LogP contribution is -2.52. The zero-order valence-corrected chi connectivity index (χ0v) is 15.2. The molecule has 1 atom stereocenters. The lowest BCUT2D eigenvalue weighted by molar-refractivity contribution is 0.0728. The first-order valence-electron chi connectivity index (χ1n) is 8.05. The molecule has 1 heterocycles. The molecule has 1 aliphatic rings. The van der Waals surface area contributed by atoms with Crippen LogP contribution in [0.2, 0.25) is 0 Å². The first-order chi connectivity index (χ1) is 11.8. The number of aryl methyl sites for hydroxylation is 1. The molecule has 1 amide bonds. The van der Waals surface area contributed by atoms with Crippen LogP contribution < -0.4 is 10.2 Å². The van der Waals surface area contributed by atoms with Gasteiger partial charge in [-0.15, -0.1) is 11.3 Å². The minimum atomic E-state index is -0.434. The molecule has 25 heavy (non-hydrogen) atoms. The lowest BCUT2D eigenvalue weighted by Gasteiger charge is -2.44. The van der Waals surface area contributed by atoms with E-state index in [2.05, 4.69) is 24.1 Å². The van der Waals surface area contributed by atoms with Gasteiger partial charge in [-0.05, 0) is 43.4 Å². The van der Waals surface area contributed by atoms with E-state index in [-0.39, 0.29) is 17.4 Å². The SMILES string of the molecule is Cc1sc(N(C#N)c2cccc(F)c2)nc1C(=O)NC1CCC1(C)C. The molecule has 1 aliphatic carbocycles. The molecule has 2 aromatic rings. The third-order valence-corrected chi connectivity index (χ3v) is 5.64. The molecular weight excluding hydrogens is 339 g/mol. The number of nitriles is 1. The molecule has 0 spiro atoms. The van der Waals surface area contributed by atoms with Gasteiger partial charge in [-0.3, -0.25) is 4.79 Å². The number of carbonyl (C=O) groups is 1. The normalized spacial score (nSPS) is 18.1. The Morgan fingerprint density at radius 3 is 2.84 bits per heavy atom. The van der Waals surface area contributed by atoms with Crippen LogP contribution in [0.3, 0.4) is 0 Å². The van der Waals surface area contributed by atoms with Gasteiger partial charge in [-0.1, -0.05) is 19.9 Å². The molecular formula is C18H19FN4OS. The Hall–Kier alpha value is -2.46. The van der Waals surface area contributed by atoms with Crippen LogP contribution in [0.1, 0.15) is 42.1 Å². The minimum Gasteiger partial charge on any atom is -0.347 e. The maximum atomic E-state index is 13.4. The van der Waals surface area contributed by atoms with E-state index in [4.69, 9.17) is 0 Å². The van der Waals surface area contributed by atoms with Crippen molar-refractivity contribution in [2.75, 3.05) is 4.90 Å². The Morgan fingerprint density at radius 1 is 1.52 bits per heavy atom. The van der Waals surface area contributed by atoms with Crippen molar-refractivity contribution in [2.45, 2.75) is 39.7 Å². The summed E-state index contributed by atoms with van der Waals surface area (Å²) in [5.41, 5.74) is 0.797. The number of carbonyl (C=O) groups excluding carboxylic acids is 1. The summed E-state index contributed by atoms with van der Waals surface area (Å²) in [6, 6.07) is 5.86. The average molecular weight is 358 g/mol. The molecule has 5 nitrogen and oxygen atoms in total. The third-order valence-electron chi connectivity index (χ3n) is 4.68. The maximum Gasteiger partial charge on any atom is 0.271 e. The smallest absolute Gasteiger partial charge is 0.271 e. The largest absolute Gasteiger partial charge is 0.347 e. The molecule has 0 bridgehead atoms. The van der Waals surface area contributed by atoms with Crippen LogP contribution in [0, 0.1) is 29.6 Å². The van der Waals surface area contributed by atoms with Gasteiger partial charge in [0.2, 0.25) is 5.13 Å². The number of thiazole rings is 1. The molecule has 0 radical (unpaired) electrons. The summed E-state index contributed by atoms with van der Waals surface area (Å²) < 4.78 is 13.4. The highest BCUT2D eigenvalue weighted by atomic mass is 32.1. The number of amides is 1. The zero-order valence-electron chi connectivity index (χ0n) is 14.3. The minimum absolute atomic E-state index is 0.0999. The Morgan fingerprint density at radius 2 is 2.28 bits per heavy atom. The van der Waals surface area contributed by atoms with Crippen molar-refractivity contribution >= 4 is 28.1 Å². The highest BCUT2D eigenvalue weighted by Gasteiger charge is 2.39. The number of aromatic nitrogens is 1. The lowest BCUT2D eigenvalue weighted by atomic mass is 9.67. The van der Waals surface area contributed by atoms with Crippen LogP contribution in [0.5, 0.6) is 0 Å². The van der Waals surface area contributed by atoms with Crippen molar-refractivity contribution in [1.29, 1.82) is 5.26 Å². The Kier molecular flexibility index (Phi) is 4.48. The van der Waals surface area contributed by atoms with Gasteiger partial charge in [0.05, 0.1) is 5.69 Å². The van der Waals surface area contributed by atoms with Gasteiger partial charge in [-0.25, -0.2) is 14.3 Å². The van der Waals surface area contributed by atoms with E-state index in [9.17, 15) is 14.4 Å². The number of rotatable bonds is 4. The molecule has 7 heteroatoms. The highest BCUT2D eigenvalue weighted by Crippen LogP contribution is 2.40. The Labute approximate surface area is 150 Å². The predicted molar refractivity (Wildman–Crippen MR) is 95.3 cm³/mol. The van der Waals surface area contributed by atoms with Crippen molar-refractivity contribution < 1.29 is 9.18 Å². The highest BCUT2D eigenvalue weighted by molar-refractivity contribution is 7.16. The number of hydrogen-bond acceptors (Lipinski definition) is 5. The van der Waals surface area contributed by atoms with Crippen LogP contribution in [0.25, 0.3) is 0 Å². The van der Waals surface area contributed by atoms with Crippen molar-refractivity contribution in [3.8, 4) is 6.19 Å². The number of nitrogens with zero attached hydrogens (tertiary/aromatic N) is 3. The van der Waals surface area contributed by atoms with Crippen LogP contribution in [-0.4, -0.2) is 16.9 Å². The summed E-state index contributed by atoms with van der Waals surface area (Å²) in [5, 5.41) is 12.8. The molecule has 0 saturated heterocycles. The van der Waals surface area contributed by atoms with E-state index >= 15 is 0 Å². The Balaban J connectivity index is 1.84. The molecule has 1 unspecified atom stereocenters. The second-order valence-electron chi connectivity index (χ2n) is 6.87. The summed E-state index contributed by atoms with van der Waals surface area (Å²) in [5.74, 6) is -0.661. The molecule has 1 fully saturated rings. The predicted octanol–water partition coefficient (Wildman–Crippen LogP) is 4.13. The molecule has 1 aromatic carbocycles. The summed E-state index contributed by atoms with van der Waals surface area (Å²) in [4.78, 5) is 18.8. The second-order valence-corrected chi connectivity index (χ2v) is 8.05. The fourth-order valence-electron chi connectivity index (χ4n) is 2.88. The number of benzene rings is 1. The number of hydrogen-bond donors (Lipinski definition) is 1. The number of halogens is 1. The molecule has 1 N–H and O–H groups in total. The van der Waals surface area contributed by atoms with Gasteiger partial charge in [0.25, 0.3) is 5.91 Å². The molecule has 1 saturated carbocycles. The van der Waals surface area contributed by atoms with Gasteiger partial charge in [-0.2, -0.15) is 5.26 Å². The summed E-state index contributed by atoms with van der Waals surface area (Å²) in [7, 11) is 0. The van der Waals surface area contributed by atoms with Gasteiger partial charge in [0, 0.05) is 10.9 Å². The van der Waals surface area contributed by atoms with Gasteiger partial charge in [0.1, 0.15) is 11.5 Å². The first kappa shape index (κ1) is 17.4. The molecule has 130 valence electrons. The van der Waals surface area contributed by atoms with E-state index < -0.39 is 5.82 Å². The van der Waals surface area contributed by atoms with Crippen LogP contribution in [-0.2, 0) is 0 Å². The van der Waals surface area contributed by atoms with Crippen LogP contribution >= 0.6 is 11.3 Å². The average Bonchev–Trinajstić information content (AvgIpc) is 2.94. The first-order valence-corrected chi connectivity index (χ1v) is 8.87. The van der Waals surface area contributed by atoms with Crippen molar-refractivity contribution in [3.63, 3.8) is 0 Å². The van der Waals surface area contributed by atoms with Crippen molar-refractivity contribution in [2.24, 2.45) is 5.41 Å². The van der Waals surface area contributed by atoms with E-state index in [1.54, 1.807) is 13.0 Å². The Bertz CT molecular complexity index is 855. The summed E-state index contributed by atoms with van der Waals surface area (Å²) in [6.45, 7) is 6.05. The van der Waals surface area contributed by atoms with E-state index in [1.165, 1.54) is 34.4 Å². The standard InChI is InChI=1S/C18H19FN4OS/c1-11-15(16(24)21-14-7-8-18(14,2)3)22-17(25-11)23(10-20)13-6-4-5-12(19)9-13/h4-6,9,14H,7-8H2,1-3H3,(H,21,24). The quantitative estimate of drug-likeness (QED) is 0.659. The molecule has 1 aromatic heterocycles. The van der Waals surface area contributed by atoms with E-state index in [0.29, 0.717) is 16.5 Å². The van der Waals surface area contributed by atoms with Crippen LogP contribution in [0.15, 0.2) is 24.3 Å². The molecule has 0 aliphatic heterocycles. The second kappa shape index (κ2) is 6.45. The van der Waals surface area contributed by atoms with Gasteiger partial charge < -0.3 is 5.32 Å². The van der Waals surface area contributed by atoms with Crippen molar-refractivity contribution in [1.82, 2.24) is 10.3 Å².